The molecule has 2 heteroatoms. The maximum Gasteiger partial charge on any atom is 0.0826 e. The minimum absolute atomic E-state index is 0.270. The van der Waals surface area contributed by atoms with Gasteiger partial charge in [0.05, 0.1) is 11.5 Å². The van der Waals surface area contributed by atoms with Gasteiger partial charge >= 0.3 is 0 Å². The van der Waals surface area contributed by atoms with Gasteiger partial charge in [0, 0.05) is 13.7 Å². The Bertz CT molecular complexity index is 421. The monoisotopic (exact) mass is 229 g/mol. The van der Waals surface area contributed by atoms with Crippen molar-refractivity contribution in [2.75, 3.05) is 13.7 Å². The highest BCUT2D eigenvalue weighted by Gasteiger charge is 2.35. The summed E-state index contributed by atoms with van der Waals surface area (Å²) < 4.78 is 5.10. The number of rotatable bonds is 4. The molecule has 1 aromatic carbocycles. The lowest BCUT2D eigenvalue weighted by Crippen LogP contribution is -2.29. The Morgan fingerprint density at radius 2 is 2.24 bits per heavy atom. The number of nitriles is 1. The molecule has 0 N–H and O–H groups in total. The maximum absolute atomic E-state index is 9.60. The van der Waals surface area contributed by atoms with Gasteiger partial charge in [-0.3, -0.25) is 0 Å². The molecule has 0 bridgehead atoms. The van der Waals surface area contributed by atoms with Crippen molar-refractivity contribution in [3.63, 3.8) is 0 Å². The predicted molar refractivity (Wildman–Crippen MR) is 67.8 cm³/mol. The number of hydrogen-bond acceptors (Lipinski definition) is 2. The van der Waals surface area contributed by atoms with Crippen molar-refractivity contribution < 1.29 is 4.74 Å². The zero-order chi connectivity index (χ0) is 12.1. The van der Waals surface area contributed by atoms with Gasteiger partial charge in [-0.15, -0.1) is 0 Å². The van der Waals surface area contributed by atoms with Gasteiger partial charge in [-0.1, -0.05) is 24.3 Å². The number of nitrogens with zero attached hydrogens (tertiary/aromatic N) is 1. The van der Waals surface area contributed by atoms with Crippen molar-refractivity contribution in [2.45, 2.75) is 37.5 Å². The number of benzene rings is 1. The second-order valence-corrected chi connectivity index (χ2v) is 4.80. The van der Waals surface area contributed by atoms with Crippen molar-refractivity contribution in [2.24, 2.45) is 0 Å². The van der Waals surface area contributed by atoms with Crippen molar-refractivity contribution in [3.05, 3.63) is 35.4 Å². The van der Waals surface area contributed by atoms with Gasteiger partial charge in [0.1, 0.15) is 0 Å². The highest BCUT2D eigenvalue weighted by Crippen LogP contribution is 2.40. The van der Waals surface area contributed by atoms with Crippen LogP contribution >= 0.6 is 0 Å². The molecule has 0 radical (unpaired) electrons. The highest BCUT2D eigenvalue weighted by atomic mass is 16.5. The first-order valence-corrected chi connectivity index (χ1v) is 6.31. The summed E-state index contributed by atoms with van der Waals surface area (Å²) in [6, 6.07) is 11.0. The average Bonchev–Trinajstić information content (AvgIpc) is 2.39. The standard InChI is InChI=1S/C15H19NO/c1-17-11-5-10-15(12-16)9-4-7-13-6-2-3-8-14(13)15/h2-3,6,8H,4-5,7,9-11H2,1H3. The van der Waals surface area contributed by atoms with Gasteiger partial charge in [-0.2, -0.15) is 5.26 Å². The Balaban J connectivity index is 2.27. The molecule has 90 valence electrons. The van der Waals surface area contributed by atoms with Crippen LogP contribution in [0.25, 0.3) is 0 Å². The summed E-state index contributed by atoms with van der Waals surface area (Å²) in [4.78, 5) is 0. The lowest BCUT2D eigenvalue weighted by atomic mass is 9.68. The van der Waals surface area contributed by atoms with Gasteiger partial charge in [0.15, 0.2) is 0 Å². The van der Waals surface area contributed by atoms with E-state index in [0.717, 1.165) is 38.7 Å². The van der Waals surface area contributed by atoms with Gasteiger partial charge in [0.25, 0.3) is 0 Å². The first kappa shape index (κ1) is 12.1. The van der Waals surface area contributed by atoms with E-state index in [9.17, 15) is 5.26 Å². The second kappa shape index (κ2) is 5.33. The fourth-order valence-electron chi connectivity index (χ4n) is 2.87. The fourth-order valence-corrected chi connectivity index (χ4v) is 2.87. The van der Waals surface area contributed by atoms with Crippen molar-refractivity contribution in [3.8, 4) is 6.07 Å². The first-order valence-electron chi connectivity index (χ1n) is 6.31. The summed E-state index contributed by atoms with van der Waals surface area (Å²) in [6.07, 6.45) is 5.10. The van der Waals surface area contributed by atoms with Gasteiger partial charge in [-0.25, -0.2) is 0 Å². The second-order valence-electron chi connectivity index (χ2n) is 4.80. The normalized spacial score (nSPS) is 22.8. The third-order valence-corrected chi connectivity index (χ3v) is 3.75. The molecule has 0 spiro atoms. The number of fused-ring (bicyclic) bond motifs is 1. The largest absolute Gasteiger partial charge is 0.385 e. The molecule has 17 heavy (non-hydrogen) atoms. The summed E-state index contributed by atoms with van der Waals surface area (Å²) >= 11 is 0. The predicted octanol–water partition coefficient (Wildman–Crippen LogP) is 3.21. The molecule has 0 heterocycles. The molecule has 0 aliphatic heterocycles. The van der Waals surface area contributed by atoms with E-state index in [2.05, 4.69) is 24.3 Å². The Labute approximate surface area is 103 Å². The summed E-state index contributed by atoms with van der Waals surface area (Å²) in [5.74, 6) is 0. The lowest BCUT2D eigenvalue weighted by Gasteiger charge is -2.33. The van der Waals surface area contributed by atoms with Crippen LogP contribution in [0.15, 0.2) is 24.3 Å². The van der Waals surface area contributed by atoms with Crippen LogP contribution in [0.5, 0.6) is 0 Å². The fraction of sp³-hybridized carbons (Fsp3) is 0.533. The molecule has 1 unspecified atom stereocenters. The van der Waals surface area contributed by atoms with E-state index >= 15 is 0 Å². The van der Waals surface area contributed by atoms with E-state index in [-0.39, 0.29) is 5.41 Å². The zero-order valence-electron chi connectivity index (χ0n) is 10.4. The number of hydrogen-bond donors (Lipinski definition) is 0. The molecule has 0 saturated heterocycles. The molecule has 2 nitrogen and oxygen atoms in total. The smallest absolute Gasteiger partial charge is 0.0826 e. The van der Waals surface area contributed by atoms with Gasteiger partial charge < -0.3 is 4.74 Å². The van der Waals surface area contributed by atoms with E-state index in [1.807, 2.05) is 6.07 Å². The van der Waals surface area contributed by atoms with E-state index < -0.39 is 0 Å². The minimum Gasteiger partial charge on any atom is -0.385 e. The van der Waals surface area contributed by atoms with E-state index in [1.165, 1.54) is 11.1 Å². The SMILES string of the molecule is COCCCC1(C#N)CCCc2ccccc21. The van der Waals surface area contributed by atoms with Crippen molar-refractivity contribution in [1.82, 2.24) is 0 Å². The molecule has 1 atom stereocenters. The van der Waals surface area contributed by atoms with Crippen LogP contribution < -0.4 is 0 Å². The van der Waals surface area contributed by atoms with Crippen LogP contribution in [-0.2, 0) is 16.6 Å². The summed E-state index contributed by atoms with van der Waals surface area (Å²) in [5.41, 5.74) is 2.34. The summed E-state index contributed by atoms with van der Waals surface area (Å²) in [6.45, 7) is 0.742. The molecule has 0 saturated carbocycles. The molecule has 0 aromatic heterocycles. The third-order valence-electron chi connectivity index (χ3n) is 3.75. The van der Waals surface area contributed by atoms with Gasteiger partial charge in [-0.05, 0) is 43.2 Å². The molecule has 1 aliphatic carbocycles. The topological polar surface area (TPSA) is 33.0 Å². The first-order chi connectivity index (χ1) is 8.32. The van der Waals surface area contributed by atoms with Crippen molar-refractivity contribution >= 4 is 0 Å². The number of aryl methyl sites for hydroxylation is 1. The molecule has 1 aliphatic rings. The molecule has 1 aromatic rings. The lowest BCUT2D eigenvalue weighted by molar-refractivity contribution is 0.185. The third kappa shape index (κ3) is 2.35. The van der Waals surface area contributed by atoms with Crippen LogP contribution in [0.1, 0.15) is 36.8 Å². The Morgan fingerprint density at radius 1 is 1.41 bits per heavy atom. The van der Waals surface area contributed by atoms with Crippen LogP contribution in [0.2, 0.25) is 0 Å². The van der Waals surface area contributed by atoms with Crippen LogP contribution in [0.3, 0.4) is 0 Å². The molecule has 2 rings (SSSR count). The Hall–Kier alpha value is -1.33. The van der Waals surface area contributed by atoms with Crippen LogP contribution in [-0.4, -0.2) is 13.7 Å². The maximum atomic E-state index is 9.60. The van der Waals surface area contributed by atoms with E-state index in [1.54, 1.807) is 7.11 Å². The quantitative estimate of drug-likeness (QED) is 0.743. The van der Waals surface area contributed by atoms with E-state index in [4.69, 9.17) is 4.74 Å². The number of ether oxygens (including phenoxy) is 1. The highest BCUT2D eigenvalue weighted by molar-refractivity contribution is 5.41. The van der Waals surface area contributed by atoms with Gasteiger partial charge in [0.2, 0.25) is 0 Å². The molecule has 0 amide bonds. The average molecular weight is 229 g/mol. The minimum atomic E-state index is -0.270. The van der Waals surface area contributed by atoms with Crippen molar-refractivity contribution in [1.29, 1.82) is 5.26 Å². The van der Waals surface area contributed by atoms with Crippen LogP contribution in [0.4, 0.5) is 0 Å². The van der Waals surface area contributed by atoms with Crippen LogP contribution in [0, 0.1) is 11.3 Å². The Morgan fingerprint density at radius 3 is 3.00 bits per heavy atom. The molecule has 0 fully saturated rings. The number of methoxy groups -OCH3 is 1. The molecular formula is C15H19NO. The molecular weight excluding hydrogens is 210 g/mol. The summed E-state index contributed by atoms with van der Waals surface area (Å²) in [7, 11) is 1.72. The van der Waals surface area contributed by atoms with E-state index in [0.29, 0.717) is 0 Å². The summed E-state index contributed by atoms with van der Waals surface area (Å²) in [5, 5.41) is 9.60. The Kier molecular flexibility index (Phi) is 3.81. The zero-order valence-corrected chi connectivity index (χ0v) is 10.4.